The lowest BCUT2D eigenvalue weighted by molar-refractivity contribution is 0.0214. The summed E-state index contributed by atoms with van der Waals surface area (Å²) in [5.74, 6) is -1.91. The Bertz CT molecular complexity index is 4930. The average Bonchev–Trinajstić information content (AvgIpc) is 0.780. The Morgan fingerprint density at radius 2 is 0.857 bits per heavy atom. The Morgan fingerprint density at radius 1 is 0.482 bits per heavy atom. The number of nitrogens with one attached hydrogen (secondary N) is 1. The third-order valence-electron chi connectivity index (χ3n) is 19.4. The van der Waals surface area contributed by atoms with Crippen LogP contribution in [0.2, 0.25) is 5.28 Å². The number of benzene rings is 6. The van der Waals surface area contributed by atoms with E-state index in [9.17, 15) is 31.5 Å². The van der Waals surface area contributed by atoms with Crippen molar-refractivity contribution < 1.29 is 59.6 Å². The number of nitrogens with two attached hydrogens (primary N) is 1. The summed E-state index contributed by atoms with van der Waals surface area (Å²) in [5, 5.41) is 3.28. The van der Waals surface area contributed by atoms with Gasteiger partial charge in [-0.25, -0.2) is 65.8 Å². The molecule has 0 radical (unpaired) electrons. The van der Waals surface area contributed by atoms with E-state index >= 15 is 4.39 Å². The molecule has 0 spiro atoms. The summed E-state index contributed by atoms with van der Waals surface area (Å²) in [6.45, 7) is 30.7. The quantitative estimate of drug-likeness (QED) is 0.0740. The molecular weight excluding hydrogens is 1490 g/mol. The SMILES string of the molecule is CC(C)(C)OC(=O)N1CCc2cc(N)ccc2C1.CC(C)N1CCOc2c(F)cc(-c3nc(Cc4ccc5c(c4)CCN(C(=O)OC(C)(C)C)C5)ncc3F)cc21.CC(C)N1CCOc2c(F)cc(-c3nc(Cc4ccc5c(c4)CCNC5)ncc3F)cc21.CC(C)N1CCOc2c(F)cc(-c3nc(Cl)ncc3F)cc21.Cl. The van der Waals surface area contributed by atoms with E-state index in [4.69, 9.17) is 41.0 Å². The lowest BCUT2D eigenvalue weighted by Crippen LogP contribution is -2.39. The van der Waals surface area contributed by atoms with Gasteiger partial charge in [-0.15, -0.1) is 12.4 Å². The fraction of sp³-hybridized carbons (Fsp3) is 0.405. The first-order valence-electron chi connectivity index (χ1n) is 37.5. The van der Waals surface area contributed by atoms with Gasteiger partial charge in [-0.2, -0.15) is 0 Å². The smallest absolute Gasteiger partial charge is 0.410 e. The van der Waals surface area contributed by atoms with E-state index in [1.807, 2.05) is 123 Å². The second-order valence-electron chi connectivity index (χ2n) is 30.9. The summed E-state index contributed by atoms with van der Waals surface area (Å²) >= 11 is 5.71. The van der Waals surface area contributed by atoms with Gasteiger partial charge in [0.05, 0.1) is 55.3 Å². The number of rotatable bonds is 10. The molecule has 3 aromatic heterocycles. The molecule has 112 heavy (non-hydrogen) atoms. The second kappa shape index (κ2) is 35.2. The molecule has 0 aliphatic carbocycles. The average molecular weight is 1580 g/mol. The van der Waals surface area contributed by atoms with E-state index in [0.717, 1.165) is 71.8 Å². The lowest BCUT2D eigenvalue weighted by atomic mass is 9.96. The number of carbonyl (C=O) groups is 2. The van der Waals surface area contributed by atoms with Gasteiger partial charge in [-0.05, 0) is 214 Å². The maximum absolute atomic E-state index is 15.0. The van der Waals surface area contributed by atoms with E-state index in [0.29, 0.717) is 130 Å². The van der Waals surface area contributed by atoms with E-state index < -0.39 is 46.1 Å². The molecule has 9 heterocycles. The molecule has 0 atom stereocenters. The molecule has 6 aromatic carbocycles. The van der Waals surface area contributed by atoms with Gasteiger partial charge < -0.3 is 59.2 Å². The van der Waals surface area contributed by atoms with E-state index in [-0.39, 0.29) is 82.3 Å². The van der Waals surface area contributed by atoms with E-state index in [2.05, 4.69) is 64.4 Å². The molecule has 0 fully saturated rings. The van der Waals surface area contributed by atoms with Gasteiger partial charge in [0.2, 0.25) is 5.28 Å². The first-order valence-corrected chi connectivity index (χ1v) is 37.8. The highest BCUT2D eigenvalue weighted by Crippen LogP contribution is 2.43. The number of hydrogen-bond acceptors (Lipinski definition) is 18. The molecule has 2 amide bonds. The van der Waals surface area contributed by atoms with Crippen molar-refractivity contribution in [3.05, 3.63) is 206 Å². The summed E-state index contributed by atoms with van der Waals surface area (Å²) in [4.78, 5) is 58.8. The van der Waals surface area contributed by atoms with Crippen LogP contribution in [0.3, 0.4) is 0 Å². The van der Waals surface area contributed by atoms with E-state index in [1.165, 1.54) is 41.1 Å². The zero-order valence-electron chi connectivity index (χ0n) is 65.1. The molecular formula is C84H95Cl2F6N13O7. The normalized spacial score (nSPS) is 14.8. The van der Waals surface area contributed by atoms with E-state index in [1.54, 1.807) is 28.0 Å². The molecule has 15 rings (SSSR count). The molecule has 6 aliphatic heterocycles. The number of fused-ring (bicyclic) bond motifs is 6. The molecule has 0 bridgehead atoms. The number of hydrogen-bond donors (Lipinski definition) is 2. The highest BCUT2D eigenvalue weighted by atomic mass is 35.5. The van der Waals surface area contributed by atoms with Crippen LogP contribution in [0.1, 0.15) is 139 Å². The van der Waals surface area contributed by atoms with Crippen molar-refractivity contribution in [3.8, 4) is 51.0 Å². The van der Waals surface area contributed by atoms with Crippen LogP contribution in [0.25, 0.3) is 33.8 Å². The minimum absolute atomic E-state index is 0. The molecule has 3 N–H and O–H groups in total. The summed E-state index contributed by atoms with van der Waals surface area (Å²) in [7, 11) is 0. The third kappa shape index (κ3) is 20.0. The molecule has 594 valence electrons. The number of halogens is 8. The van der Waals surface area contributed by atoms with Gasteiger partial charge in [0.1, 0.15) is 59.8 Å². The number of nitrogens with zero attached hydrogens (tertiary/aromatic N) is 11. The Kier molecular flexibility index (Phi) is 26.0. The zero-order valence-corrected chi connectivity index (χ0v) is 66.6. The topological polar surface area (TPSA) is 212 Å². The largest absolute Gasteiger partial charge is 0.486 e. The molecule has 20 nitrogen and oxygen atoms in total. The summed E-state index contributed by atoms with van der Waals surface area (Å²) in [6.07, 6.45) is 6.14. The first-order chi connectivity index (χ1) is 52.8. The van der Waals surface area contributed by atoms with Crippen molar-refractivity contribution >= 4 is 58.9 Å². The van der Waals surface area contributed by atoms with Crippen molar-refractivity contribution in [3.63, 3.8) is 0 Å². The molecule has 28 heteroatoms. The number of amides is 2. The number of aromatic nitrogens is 6. The fourth-order valence-corrected chi connectivity index (χ4v) is 14.2. The summed E-state index contributed by atoms with van der Waals surface area (Å²) in [5.41, 5.74) is 17.8. The van der Waals surface area contributed by atoms with Gasteiger partial charge in [0, 0.05) is 86.1 Å². The molecule has 6 aliphatic rings. The van der Waals surface area contributed by atoms with Crippen molar-refractivity contribution in [1.29, 1.82) is 0 Å². The maximum atomic E-state index is 15.0. The van der Waals surface area contributed by atoms with Gasteiger partial charge in [-0.1, -0.05) is 42.5 Å². The highest BCUT2D eigenvalue weighted by molar-refractivity contribution is 6.28. The monoisotopic (exact) mass is 1580 g/mol. The third-order valence-corrected chi connectivity index (χ3v) is 19.6. The van der Waals surface area contributed by atoms with Crippen LogP contribution in [0.5, 0.6) is 17.2 Å². The zero-order chi connectivity index (χ0) is 79.3. The predicted octanol–water partition coefficient (Wildman–Crippen LogP) is 16.8. The second-order valence-corrected chi connectivity index (χ2v) is 31.3. The lowest BCUT2D eigenvalue weighted by Gasteiger charge is -2.34. The van der Waals surface area contributed by atoms with Crippen molar-refractivity contribution in [2.45, 2.75) is 164 Å². The van der Waals surface area contributed by atoms with Crippen LogP contribution >= 0.6 is 24.0 Å². The van der Waals surface area contributed by atoms with Crippen LogP contribution in [0.15, 0.2) is 110 Å². The van der Waals surface area contributed by atoms with Crippen LogP contribution in [-0.2, 0) is 61.2 Å². The maximum Gasteiger partial charge on any atom is 0.410 e. The highest BCUT2D eigenvalue weighted by Gasteiger charge is 2.32. The standard InChI is InChI=1S/C30H34F2N4O3.C25H26F2N4O.C15H14ClF2N3O.C14H20N2O2.ClH/c1-18(2)36-10-11-38-28-23(31)14-22(15-25(28)36)27-24(32)16-33-26(34-27)13-19-6-7-21-17-35(9-8-20(21)12-19)29(37)39-30(3,4)5;1-15(2)31-7-8-32-25-20(26)11-19(12-22(25)31)24-21(27)14-29-23(30-24)10-16-3-4-18-13-28-6-5-17(18)9-16;1-8(2)21-3-4-22-14-10(17)5-9(6-12(14)21)13-11(18)7-19-15(16)20-13;1-14(2,3)18-13(17)16-7-6-10-8-12(15)5-4-11(10)9-16;/h6-7,12,14-16,18H,8-11,13,17H2,1-5H3;3-4,9,11-12,14-15,28H,5-8,10,13H2,1-2H3;5-8H,3-4H2,1-2H3;4-5,8H,6-7,9,15H2,1-3H3;1H. The molecule has 0 saturated carbocycles. The Labute approximate surface area is 660 Å². The minimum atomic E-state index is -0.656. The van der Waals surface area contributed by atoms with Crippen LogP contribution in [-0.4, -0.2) is 140 Å². The van der Waals surface area contributed by atoms with Gasteiger partial charge in [0.15, 0.2) is 52.2 Å². The van der Waals surface area contributed by atoms with Crippen molar-refractivity contribution in [2.24, 2.45) is 0 Å². The van der Waals surface area contributed by atoms with Crippen molar-refractivity contribution in [1.82, 2.24) is 45.0 Å². The van der Waals surface area contributed by atoms with Gasteiger partial charge >= 0.3 is 12.2 Å². The molecule has 0 unspecified atom stereocenters. The number of anilines is 4. The molecule has 0 saturated heterocycles. The minimum Gasteiger partial charge on any atom is -0.486 e. The van der Waals surface area contributed by atoms with Crippen LogP contribution < -0.4 is 40.0 Å². The van der Waals surface area contributed by atoms with Gasteiger partial charge in [-0.3, -0.25) is 0 Å². The number of nitrogen functional groups attached to an aromatic ring is 1. The van der Waals surface area contributed by atoms with Crippen LogP contribution in [0.4, 0.5) is 58.7 Å². The van der Waals surface area contributed by atoms with Crippen LogP contribution in [0, 0.1) is 34.9 Å². The first kappa shape index (κ1) is 82.8. The number of ether oxygens (including phenoxy) is 5. The predicted molar refractivity (Wildman–Crippen MR) is 424 cm³/mol. The Hall–Kier alpha value is -10.2. The Morgan fingerprint density at radius 3 is 1.27 bits per heavy atom. The Balaban J connectivity index is 0.000000153. The summed E-state index contributed by atoms with van der Waals surface area (Å²) < 4.78 is 115. The van der Waals surface area contributed by atoms with Gasteiger partial charge in [0.25, 0.3) is 0 Å². The number of carbonyl (C=O) groups excluding carboxylic acids is 2. The van der Waals surface area contributed by atoms with Crippen molar-refractivity contribution in [2.75, 3.05) is 79.5 Å². The fourth-order valence-electron chi connectivity index (χ4n) is 14.1. The molecule has 9 aromatic rings. The summed E-state index contributed by atoms with van der Waals surface area (Å²) in [6, 6.07) is 27.7.